The van der Waals surface area contributed by atoms with E-state index in [1.54, 1.807) is 29.8 Å². The third kappa shape index (κ3) is 3.28. The van der Waals surface area contributed by atoms with Crippen LogP contribution in [0.2, 0.25) is 0 Å². The Morgan fingerprint density at radius 1 is 1.33 bits per heavy atom. The second-order valence-corrected chi connectivity index (χ2v) is 7.56. The molecule has 3 heterocycles. The topological polar surface area (TPSA) is 53.2 Å². The maximum absolute atomic E-state index is 12.9. The molecule has 0 bridgehead atoms. The Kier molecular flexibility index (Phi) is 4.58. The number of aromatic nitrogens is 3. The summed E-state index contributed by atoms with van der Waals surface area (Å²) in [6.07, 6.45) is -0.391. The largest absolute Gasteiger partial charge is 0.611 e. The van der Waals surface area contributed by atoms with Crippen LogP contribution in [0.3, 0.4) is 0 Å². The van der Waals surface area contributed by atoms with Crippen LogP contribution in [0, 0.1) is 0 Å². The van der Waals surface area contributed by atoms with E-state index in [9.17, 15) is 17.7 Å². The molecule has 0 amide bonds. The molecule has 0 aliphatic heterocycles. The van der Waals surface area contributed by atoms with Crippen molar-refractivity contribution in [2.75, 3.05) is 5.75 Å². The van der Waals surface area contributed by atoms with Crippen molar-refractivity contribution in [2.45, 2.75) is 18.0 Å². The molecule has 9 heteroatoms. The number of rotatable bonds is 3. The number of alkyl halides is 3. The summed E-state index contributed by atoms with van der Waals surface area (Å²) in [5.41, 5.74) is 0.255. The SMILES string of the molecule is CC[S+]([O-])c1cc(C(F)(F)F)cnc1-c1cn2ccc(Br)cc2n1. The Bertz CT molecular complexity index is 897. The lowest BCUT2D eigenvalue weighted by Crippen LogP contribution is -2.12. The molecule has 0 fully saturated rings. The molecule has 0 N–H and O–H groups in total. The molecule has 0 aromatic carbocycles. The molecule has 3 aromatic heterocycles. The number of pyridine rings is 2. The van der Waals surface area contributed by atoms with Crippen molar-refractivity contribution in [3.8, 4) is 11.4 Å². The Balaban J connectivity index is 2.17. The van der Waals surface area contributed by atoms with Gasteiger partial charge in [-0.1, -0.05) is 15.9 Å². The molecule has 1 unspecified atom stereocenters. The summed E-state index contributed by atoms with van der Waals surface area (Å²) < 4.78 is 53.5. The summed E-state index contributed by atoms with van der Waals surface area (Å²) in [5, 5.41) is 0. The van der Waals surface area contributed by atoms with Crippen molar-refractivity contribution >= 4 is 32.8 Å². The van der Waals surface area contributed by atoms with Gasteiger partial charge in [0.15, 0.2) is 4.90 Å². The van der Waals surface area contributed by atoms with E-state index in [-0.39, 0.29) is 16.3 Å². The van der Waals surface area contributed by atoms with Crippen LogP contribution in [0.15, 0.2) is 46.2 Å². The number of hydrogen-bond acceptors (Lipinski definition) is 3. The van der Waals surface area contributed by atoms with Gasteiger partial charge in [-0.15, -0.1) is 0 Å². The minimum absolute atomic E-state index is 0.0368. The first-order valence-electron chi connectivity index (χ1n) is 6.90. The van der Waals surface area contributed by atoms with Gasteiger partial charge in [-0.3, -0.25) is 0 Å². The average molecular weight is 418 g/mol. The minimum Gasteiger partial charge on any atom is -0.611 e. The van der Waals surface area contributed by atoms with Crippen molar-refractivity contribution in [2.24, 2.45) is 0 Å². The van der Waals surface area contributed by atoms with Crippen LogP contribution in [0.5, 0.6) is 0 Å². The fourth-order valence-electron chi connectivity index (χ4n) is 2.19. The van der Waals surface area contributed by atoms with Crippen LogP contribution < -0.4 is 0 Å². The van der Waals surface area contributed by atoms with E-state index in [1.165, 1.54) is 0 Å². The van der Waals surface area contributed by atoms with E-state index in [2.05, 4.69) is 25.9 Å². The molecule has 0 spiro atoms. The number of hydrogen-bond donors (Lipinski definition) is 0. The lowest BCUT2D eigenvalue weighted by Gasteiger charge is -2.13. The molecule has 1 atom stereocenters. The highest BCUT2D eigenvalue weighted by molar-refractivity contribution is 9.10. The average Bonchev–Trinajstić information content (AvgIpc) is 2.95. The zero-order valence-electron chi connectivity index (χ0n) is 12.3. The number of imidazole rings is 1. The van der Waals surface area contributed by atoms with Gasteiger partial charge in [0.25, 0.3) is 0 Å². The number of fused-ring (bicyclic) bond motifs is 1. The third-order valence-corrected chi connectivity index (χ3v) is 5.17. The van der Waals surface area contributed by atoms with Crippen molar-refractivity contribution in [1.29, 1.82) is 0 Å². The van der Waals surface area contributed by atoms with Crippen LogP contribution in [0.4, 0.5) is 13.2 Å². The summed E-state index contributed by atoms with van der Waals surface area (Å²) in [7, 11) is 0. The van der Waals surface area contributed by atoms with Crippen LogP contribution in [0.25, 0.3) is 17.0 Å². The predicted molar refractivity (Wildman–Crippen MR) is 88.1 cm³/mol. The van der Waals surface area contributed by atoms with Crippen molar-refractivity contribution in [3.05, 3.63) is 46.8 Å². The number of nitrogens with zero attached hydrogens (tertiary/aromatic N) is 3. The summed E-state index contributed by atoms with van der Waals surface area (Å²) >= 11 is 1.74. The first-order chi connectivity index (χ1) is 11.3. The molecule has 126 valence electrons. The van der Waals surface area contributed by atoms with Gasteiger partial charge < -0.3 is 8.95 Å². The van der Waals surface area contributed by atoms with Crippen LogP contribution in [0.1, 0.15) is 12.5 Å². The van der Waals surface area contributed by atoms with Crippen LogP contribution in [-0.2, 0) is 17.4 Å². The van der Waals surface area contributed by atoms with Gasteiger partial charge in [-0.05, 0) is 30.2 Å². The standard InChI is InChI=1S/C15H11BrF3N3OS/c1-2-24(23)12-5-9(15(17,18)19)7-20-14(12)11-8-22-4-3-10(16)6-13(22)21-11/h3-8H,2H2,1H3. The highest BCUT2D eigenvalue weighted by Gasteiger charge is 2.34. The maximum atomic E-state index is 12.9. The summed E-state index contributed by atoms with van der Waals surface area (Å²) in [6.45, 7) is 1.64. The quantitative estimate of drug-likeness (QED) is 0.596. The van der Waals surface area contributed by atoms with Crippen molar-refractivity contribution in [1.82, 2.24) is 14.4 Å². The molecule has 0 aliphatic carbocycles. The molecule has 0 saturated heterocycles. The fourth-order valence-corrected chi connectivity index (χ4v) is 3.46. The molecule has 3 aromatic rings. The zero-order valence-corrected chi connectivity index (χ0v) is 14.7. The van der Waals surface area contributed by atoms with Gasteiger partial charge >= 0.3 is 6.18 Å². The normalized spacial score (nSPS) is 13.4. The van der Waals surface area contributed by atoms with E-state index in [0.717, 1.165) is 16.7 Å². The Morgan fingerprint density at radius 2 is 2.08 bits per heavy atom. The zero-order chi connectivity index (χ0) is 17.5. The first-order valence-corrected chi connectivity index (χ1v) is 9.01. The van der Waals surface area contributed by atoms with Gasteiger partial charge in [0, 0.05) is 29.1 Å². The summed E-state index contributed by atoms with van der Waals surface area (Å²) in [6, 6.07) is 4.47. The van der Waals surface area contributed by atoms with Gasteiger partial charge in [0.05, 0.1) is 5.56 Å². The molecular weight excluding hydrogens is 407 g/mol. The van der Waals surface area contributed by atoms with Crippen LogP contribution >= 0.6 is 15.9 Å². The highest BCUT2D eigenvalue weighted by atomic mass is 79.9. The molecule has 0 aliphatic rings. The summed E-state index contributed by atoms with van der Waals surface area (Å²) in [5.74, 6) is 0.189. The van der Waals surface area contributed by atoms with Gasteiger partial charge in [0.1, 0.15) is 22.8 Å². The lowest BCUT2D eigenvalue weighted by atomic mass is 10.2. The minimum atomic E-state index is -4.54. The lowest BCUT2D eigenvalue weighted by molar-refractivity contribution is -0.138. The maximum Gasteiger partial charge on any atom is 0.418 e. The highest BCUT2D eigenvalue weighted by Crippen LogP contribution is 2.34. The monoisotopic (exact) mass is 417 g/mol. The van der Waals surface area contributed by atoms with E-state index >= 15 is 0 Å². The van der Waals surface area contributed by atoms with Crippen molar-refractivity contribution in [3.63, 3.8) is 0 Å². The van der Waals surface area contributed by atoms with E-state index < -0.39 is 22.9 Å². The van der Waals surface area contributed by atoms with E-state index in [1.807, 2.05) is 6.07 Å². The number of halogens is 4. The van der Waals surface area contributed by atoms with Gasteiger partial charge in [0.2, 0.25) is 0 Å². The van der Waals surface area contributed by atoms with Crippen molar-refractivity contribution < 1.29 is 17.7 Å². The molecule has 3 rings (SSSR count). The fraction of sp³-hybridized carbons (Fsp3) is 0.200. The smallest absolute Gasteiger partial charge is 0.418 e. The molecular formula is C15H11BrF3N3OS. The van der Waals surface area contributed by atoms with Crippen LogP contribution in [-0.4, -0.2) is 24.7 Å². The predicted octanol–water partition coefficient (Wildman–Crippen LogP) is 4.31. The molecule has 0 radical (unpaired) electrons. The third-order valence-electron chi connectivity index (χ3n) is 3.35. The Morgan fingerprint density at radius 3 is 2.75 bits per heavy atom. The molecule has 4 nitrogen and oxygen atoms in total. The Labute approximate surface area is 147 Å². The second kappa shape index (κ2) is 6.38. The van der Waals surface area contributed by atoms with Gasteiger partial charge in [-0.2, -0.15) is 13.2 Å². The Hall–Kier alpha value is -1.58. The summed E-state index contributed by atoms with van der Waals surface area (Å²) in [4.78, 5) is 8.31. The van der Waals surface area contributed by atoms with E-state index in [4.69, 9.17) is 0 Å². The van der Waals surface area contributed by atoms with E-state index in [0.29, 0.717) is 11.3 Å². The molecule has 24 heavy (non-hydrogen) atoms. The second-order valence-electron chi connectivity index (χ2n) is 4.94. The first kappa shape index (κ1) is 17.2. The van der Waals surface area contributed by atoms with Gasteiger partial charge in [-0.25, -0.2) is 9.97 Å². The molecule has 0 saturated carbocycles.